The highest BCUT2D eigenvalue weighted by atomic mass is 16.2. The van der Waals surface area contributed by atoms with Crippen LogP contribution in [0, 0.1) is 5.92 Å². The summed E-state index contributed by atoms with van der Waals surface area (Å²) in [5, 5.41) is 2.94. The third-order valence-corrected chi connectivity index (χ3v) is 4.55. The van der Waals surface area contributed by atoms with Crippen LogP contribution in [-0.4, -0.2) is 42.0 Å². The van der Waals surface area contributed by atoms with Gasteiger partial charge in [0.1, 0.15) is 0 Å². The summed E-state index contributed by atoms with van der Waals surface area (Å²) in [5.74, 6) is 0.711. The third-order valence-electron chi connectivity index (χ3n) is 4.55. The summed E-state index contributed by atoms with van der Waals surface area (Å²) in [7, 11) is 0. The number of amides is 2. The minimum Gasteiger partial charge on any atom is -0.322 e. The molecule has 118 valence electrons. The number of nitrogens with one attached hydrogen (secondary N) is 1. The van der Waals surface area contributed by atoms with Crippen LogP contribution in [0.4, 0.5) is 4.79 Å². The Balaban J connectivity index is 1.43. The molecule has 3 rings (SSSR count). The molecule has 1 aromatic carbocycles. The zero-order valence-electron chi connectivity index (χ0n) is 13.3. The van der Waals surface area contributed by atoms with Gasteiger partial charge in [-0.15, -0.1) is 0 Å². The van der Waals surface area contributed by atoms with E-state index in [-0.39, 0.29) is 6.03 Å². The van der Waals surface area contributed by atoms with Crippen LogP contribution in [0.3, 0.4) is 0 Å². The van der Waals surface area contributed by atoms with Crippen molar-refractivity contribution in [3.05, 3.63) is 47.7 Å². The predicted molar refractivity (Wildman–Crippen MR) is 88.3 cm³/mol. The maximum atomic E-state index is 12.2. The maximum absolute atomic E-state index is 12.2. The summed E-state index contributed by atoms with van der Waals surface area (Å²) in [5.41, 5.74) is 2.64. The Kier molecular flexibility index (Phi) is 4.78. The summed E-state index contributed by atoms with van der Waals surface area (Å²) in [6.07, 6.45) is 4.45. The van der Waals surface area contributed by atoms with Crippen LogP contribution in [0.5, 0.6) is 0 Å². The van der Waals surface area contributed by atoms with Crippen molar-refractivity contribution in [1.82, 2.24) is 15.1 Å². The summed E-state index contributed by atoms with van der Waals surface area (Å²) in [6, 6.07) is 10.6. The molecule has 4 heteroatoms. The Bertz CT molecular complexity index is 529. The number of benzene rings is 1. The molecular weight excluding hydrogens is 274 g/mol. The van der Waals surface area contributed by atoms with E-state index in [2.05, 4.69) is 41.4 Å². The van der Waals surface area contributed by atoms with Gasteiger partial charge in [-0.2, -0.15) is 0 Å². The van der Waals surface area contributed by atoms with Crippen LogP contribution in [-0.2, 0) is 6.54 Å². The van der Waals surface area contributed by atoms with Gasteiger partial charge in [-0.05, 0) is 31.2 Å². The van der Waals surface area contributed by atoms with Gasteiger partial charge in [-0.1, -0.05) is 35.9 Å². The van der Waals surface area contributed by atoms with Crippen molar-refractivity contribution in [3.63, 3.8) is 0 Å². The summed E-state index contributed by atoms with van der Waals surface area (Å²) in [4.78, 5) is 16.5. The molecule has 2 fully saturated rings. The van der Waals surface area contributed by atoms with E-state index in [4.69, 9.17) is 0 Å². The molecule has 4 nitrogen and oxygen atoms in total. The van der Waals surface area contributed by atoms with Crippen LogP contribution >= 0.6 is 0 Å². The van der Waals surface area contributed by atoms with Crippen molar-refractivity contribution in [3.8, 4) is 0 Å². The molecule has 1 heterocycles. The minimum atomic E-state index is 0.0411. The second-order valence-electron chi connectivity index (χ2n) is 6.36. The van der Waals surface area contributed by atoms with Crippen molar-refractivity contribution in [2.75, 3.05) is 26.2 Å². The first-order valence-corrected chi connectivity index (χ1v) is 8.21. The van der Waals surface area contributed by atoms with E-state index in [1.807, 2.05) is 17.2 Å². The molecule has 0 unspecified atom stereocenters. The van der Waals surface area contributed by atoms with Crippen molar-refractivity contribution >= 4 is 6.03 Å². The fraction of sp³-hybridized carbons (Fsp3) is 0.500. The Morgan fingerprint density at radius 3 is 2.50 bits per heavy atom. The van der Waals surface area contributed by atoms with Crippen LogP contribution in [0.25, 0.3) is 0 Å². The lowest BCUT2D eigenvalue weighted by Gasteiger charge is -2.34. The smallest absolute Gasteiger partial charge is 0.321 e. The fourth-order valence-corrected chi connectivity index (χ4v) is 2.87. The van der Waals surface area contributed by atoms with Gasteiger partial charge in [-0.25, -0.2) is 4.79 Å². The minimum absolute atomic E-state index is 0.0411. The highest BCUT2D eigenvalue weighted by Crippen LogP contribution is 2.35. The number of piperazine rings is 1. The number of hydrogen-bond acceptors (Lipinski definition) is 2. The number of rotatable bonds is 4. The summed E-state index contributed by atoms with van der Waals surface area (Å²) >= 11 is 0. The zero-order chi connectivity index (χ0) is 15.4. The SMILES string of the molecule is C/C(=C\NC(=O)N1CCN(Cc2ccccc2)CC1)C1CC1. The van der Waals surface area contributed by atoms with Crippen molar-refractivity contribution in [2.24, 2.45) is 5.92 Å². The molecule has 22 heavy (non-hydrogen) atoms. The maximum Gasteiger partial charge on any atom is 0.321 e. The van der Waals surface area contributed by atoms with Crippen molar-refractivity contribution < 1.29 is 4.79 Å². The second-order valence-corrected chi connectivity index (χ2v) is 6.36. The molecule has 0 atom stereocenters. The number of carbonyl (C=O) groups excluding carboxylic acids is 1. The first kappa shape index (κ1) is 15.1. The monoisotopic (exact) mass is 299 g/mol. The molecule has 1 saturated carbocycles. The molecule has 0 aromatic heterocycles. The topological polar surface area (TPSA) is 35.6 Å². The largest absolute Gasteiger partial charge is 0.322 e. The average Bonchev–Trinajstić information content (AvgIpc) is 3.39. The van der Waals surface area contributed by atoms with Gasteiger partial charge >= 0.3 is 6.03 Å². The lowest BCUT2D eigenvalue weighted by molar-refractivity contribution is 0.137. The van der Waals surface area contributed by atoms with E-state index < -0.39 is 0 Å². The van der Waals surface area contributed by atoms with Crippen molar-refractivity contribution in [2.45, 2.75) is 26.3 Å². The van der Waals surface area contributed by atoms with Gasteiger partial charge < -0.3 is 10.2 Å². The highest BCUT2D eigenvalue weighted by molar-refractivity contribution is 5.75. The van der Waals surface area contributed by atoms with Crippen LogP contribution in [0.15, 0.2) is 42.1 Å². The molecule has 2 aliphatic rings. The third kappa shape index (κ3) is 4.10. The van der Waals surface area contributed by atoms with Crippen LogP contribution in [0.2, 0.25) is 0 Å². The van der Waals surface area contributed by atoms with Crippen LogP contribution in [0.1, 0.15) is 25.3 Å². The Morgan fingerprint density at radius 1 is 1.18 bits per heavy atom. The second kappa shape index (κ2) is 6.97. The Labute approximate surface area is 132 Å². The molecule has 0 spiro atoms. The predicted octanol–water partition coefficient (Wildman–Crippen LogP) is 2.83. The van der Waals surface area contributed by atoms with Gasteiger partial charge in [-0.3, -0.25) is 4.90 Å². The van der Waals surface area contributed by atoms with Gasteiger partial charge in [0.25, 0.3) is 0 Å². The first-order chi connectivity index (χ1) is 10.7. The average molecular weight is 299 g/mol. The van der Waals surface area contributed by atoms with E-state index in [0.29, 0.717) is 5.92 Å². The molecule has 1 aliphatic carbocycles. The van der Waals surface area contributed by atoms with E-state index in [0.717, 1.165) is 32.7 Å². The van der Waals surface area contributed by atoms with E-state index >= 15 is 0 Å². The summed E-state index contributed by atoms with van der Waals surface area (Å²) in [6.45, 7) is 6.55. The summed E-state index contributed by atoms with van der Waals surface area (Å²) < 4.78 is 0. The molecule has 1 aliphatic heterocycles. The standard InChI is InChI=1S/C18H25N3O/c1-15(17-7-8-17)13-19-18(22)21-11-9-20(10-12-21)14-16-5-3-2-4-6-16/h2-6,13,17H,7-12,14H2,1H3,(H,19,22)/b15-13+. The lowest BCUT2D eigenvalue weighted by Crippen LogP contribution is -2.50. The Morgan fingerprint density at radius 2 is 1.86 bits per heavy atom. The molecule has 1 N–H and O–H groups in total. The zero-order valence-corrected chi connectivity index (χ0v) is 13.3. The molecule has 0 bridgehead atoms. The van der Waals surface area contributed by atoms with Gasteiger partial charge in [0.2, 0.25) is 0 Å². The van der Waals surface area contributed by atoms with Gasteiger partial charge in [0.05, 0.1) is 0 Å². The van der Waals surface area contributed by atoms with Gasteiger partial charge in [0.15, 0.2) is 0 Å². The molecule has 1 saturated heterocycles. The number of urea groups is 1. The van der Waals surface area contributed by atoms with E-state index in [1.54, 1.807) is 0 Å². The normalized spacial score (nSPS) is 20.0. The number of hydrogen-bond donors (Lipinski definition) is 1. The highest BCUT2D eigenvalue weighted by Gasteiger charge is 2.24. The fourth-order valence-electron chi connectivity index (χ4n) is 2.87. The quantitative estimate of drug-likeness (QED) is 0.928. The van der Waals surface area contributed by atoms with E-state index in [9.17, 15) is 4.79 Å². The number of nitrogens with zero attached hydrogens (tertiary/aromatic N) is 2. The molecule has 1 aromatic rings. The molecule has 0 radical (unpaired) electrons. The van der Waals surface area contributed by atoms with Crippen molar-refractivity contribution in [1.29, 1.82) is 0 Å². The number of allylic oxidation sites excluding steroid dienone is 1. The Hall–Kier alpha value is -1.81. The molecule has 2 amide bonds. The number of carbonyl (C=O) groups is 1. The molecular formula is C18H25N3O. The lowest BCUT2D eigenvalue weighted by atomic mass is 10.2. The van der Waals surface area contributed by atoms with Gasteiger partial charge in [0, 0.05) is 38.9 Å². The first-order valence-electron chi connectivity index (χ1n) is 8.21. The van der Waals surface area contributed by atoms with E-state index in [1.165, 1.54) is 24.0 Å². The van der Waals surface area contributed by atoms with Crippen LogP contribution < -0.4 is 5.32 Å².